The van der Waals surface area contributed by atoms with E-state index in [1.54, 1.807) is 18.7 Å². The van der Waals surface area contributed by atoms with Gasteiger partial charge in [-0.2, -0.15) is 0 Å². The Labute approximate surface area is 108 Å². The second kappa shape index (κ2) is 4.88. The Morgan fingerprint density at radius 1 is 1.39 bits per heavy atom. The summed E-state index contributed by atoms with van der Waals surface area (Å²) >= 11 is 0. The lowest BCUT2D eigenvalue weighted by atomic mass is 10.0. The van der Waals surface area contributed by atoms with Gasteiger partial charge in [-0.25, -0.2) is 0 Å². The van der Waals surface area contributed by atoms with Gasteiger partial charge in [0.15, 0.2) is 0 Å². The Bertz CT molecular complexity index is 354. The topological polar surface area (TPSA) is 58.6 Å². The number of rotatable bonds is 2. The summed E-state index contributed by atoms with van der Waals surface area (Å²) < 4.78 is 5.75. The molecule has 2 unspecified atom stereocenters. The molecule has 1 N–H and O–H groups in total. The Balaban J connectivity index is 2.02. The summed E-state index contributed by atoms with van der Waals surface area (Å²) in [5, 5.41) is 2.76. The number of hydrogen-bond donors (Lipinski definition) is 1. The average molecular weight is 254 g/mol. The fraction of sp³-hybridized carbons (Fsp3) is 0.846. The summed E-state index contributed by atoms with van der Waals surface area (Å²) in [6, 6.07) is 0. The third kappa shape index (κ3) is 2.83. The van der Waals surface area contributed by atoms with Crippen molar-refractivity contribution in [3.63, 3.8) is 0 Å². The van der Waals surface area contributed by atoms with E-state index in [-0.39, 0.29) is 24.0 Å². The van der Waals surface area contributed by atoms with Crippen LogP contribution in [0.1, 0.15) is 40.0 Å². The number of amides is 2. The van der Waals surface area contributed by atoms with Crippen molar-refractivity contribution >= 4 is 11.8 Å². The van der Waals surface area contributed by atoms with Crippen LogP contribution < -0.4 is 5.32 Å². The van der Waals surface area contributed by atoms with Gasteiger partial charge in [-0.15, -0.1) is 0 Å². The van der Waals surface area contributed by atoms with E-state index in [1.165, 1.54) is 0 Å². The number of hydrogen-bond acceptors (Lipinski definition) is 3. The second-order valence-electron chi connectivity index (χ2n) is 5.82. The first-order chi connectivity index (χ1) is 8.38. The molecule has 2 aliphatic rings. The summed E-state index contributed by atoms with van der Waals surface area (Å²) in [7, 11) is 0. The van der Waals surface area contributed by atoms with Crippen molar-refractivity contribution in [3.8, 4) is 0 Å². The van der Waals surface area contributed by atoms with Gasteiger partial charge < -0.3 is 15.0 Å². The van der Waals surface area contributed by atoms with Crippen molar-refractivity contribution in [1.82, 2.24) is 10.2 Å². The quantitative estimate of drug-likeness (QED) is 0.788. The van der Waals surface area contributed by atoms with Gasteiger partial charge in [0.25, 0.3) is 0 Å². The van der Waals surface area contributed by atoms with E-state index in [4.69, 9.17) is 4.74 Å². The second-order valence-corrected chi connectivity index (χ2v) is 5.82. The van der Waals surface area contributed by atoms with Gasteiger partial charge in [-0.3, -0.25) is 9.59 Å². The van der Waals surface area contributed by atoms with Crippen LogP contribution >= 0.6 is 0 Å². The third-order valence-corrected chi connectivity index (χ3v) is 3.63. The lowest BCUT2D eigenvalue weighted by molar-refractivity contribution is -0.138. The van der Waals surface area contributed by atoms with E-state index >= 15 is 0 Å². The van der Waals surface area contributed by atoms with Gasteiger partial charge in [0, 0.05) is 19.5 Å². The predicted molar refractivity (Wildman–Crippen MR) is 67.0 cm³/mol. The van der Waals surface area contributed by atoms with Crippen LogP contribution in [-0.2, 0) is 14.3 Å². The van der Waals surface area contributed by atoms with Gasteiger partial charge in [0.05, 0.1) is 12.2 Å². The molecule has 0 radical (unpaired) electrons. The Morgan fingerprint density at radius 2 is 2.11 bits per heavy atom. The molecule has 0 aliphatic carbocycles. The number of carbonyl (C=O) groups is 2. The summed E-state index contributed by atoms with van der Waals surface area (Å²) in [4.78, 5) is 25.7. The highest BCUT2D eigenvalue weighted by Crippen LogP contribution is 2.22. The van der Waals surface area contributed by atoms with Gasteiger partial charge in [0.2, 0.25) is 11.8 Å². The number of ether oxygens (including phenoxy) is 1. The highest BCUT2D eigenvalue weighted by Gasteiger charge is 2.38. The Kier molecular flexibility index (Phi) is 3.61. The van der Waals surface area contributed by atoms with Crippen molar-refractivity contribution in [2.24, 2.45) is 0 Å². The molecule has 5 heteroatoms. The lowest BCUT2D eigenvalue weighted by Crippen LogP contribution is -2.53. The van der Waals surface area contributed by atoms with Crippen LogP contribution in [0.2, 0.25) is 0 Å². The number of nitrogens with zero attached hydrogens (tertiary/aromatic N) is 1. The average Bonchev–Trinajstić information content (AvgIpc) is 2.64. The fourth-order valence-electron chi connectivity index (χ4n) is 2.64. The first kappa shape index (κ1) is 13.3. The van der Waals surface area contributed by atoms with Crippen LogP contribution in [0.5, 0.6) is 0 Å². The zero-order chi connectivity index (χ0) is 13.3. The molecule has 2 rings (SSSR count). The molecule has 0 aromatic carbocycles. The van der Waals surface area contributed by atoms with Gasteiger partial charge >= 0.3 is 0 Å². The zero-order valence-corrected chi connectivity index (χ0v) is 11.4. The summed E-state index contributed by atoms with van der Waals surface area (Å²) in [6.07, 6.45) is 2.81. The minimum atomic E-state index is -0.808. The fourth-order valence-corrected chi connectivity index (χ4v) is 2.64. The molecule has 0 bridgehead atoms. The molecule has 0 aromatic rings. The van der Waals surface area contributed by atoms with E-state index < -0.39 is 5.54 Å². The van der Waals surface area contributed by atoms with E-state index in [9.17, 15) is 9.59 Å². The molecular weight excluding hydrogens is 232 g/mol. The van der Waals surface area contributed by atoms with Gasteiger partial charge in [-0.05, 0) is 33.6 Å². The maximum absolute atomic E-state index is 12.3. The molecule has 2 atom stereocenters. The molecule has 2 fully saturated rings. The third-order valence-electron chi connectivity index (χ3n) is 3.63. The Hall–Kier alpha value is -1.10. The molecule has 2 amide bonds. The molecule has 2 aliphatic heterocycles. The first-order valence-electron chi connectivity index (χ1n) is 6.64. The molecule has 18 heavy (non-hydrogen) atoms. The normalized spacial score (nSPS) is 32.3. The van der Waals surface area contributed by atoms with E-state index in [0.29, 0.717) is 19.5 Å². The minimum Gasteiger partial charge on any atom is -0.373 e. The maximum atomic E-state index is 12.3. The van der Waals surface area contributed by atoms with Crippen molar-refractivity contribution in [1.29, 1.82) is 0 Å². The van der Waals surface area contributed by atoms with Crippen LogP contribution in [0.15, 0.2) is 0 Å². The van der Waals surface area contributed by atoms with Crippen LogP contribution in [0, 0.1) is 0 Å². The highest BCUT2D eigenvalue weighted by atomic mass is 16.5. The standard InChI is InChI=1S/C13H22N2O3/c1-9-4-5-10(18-9)8-15-7-6-11(16)14-13(2,3)12(15)17/h9-10H,4-8H2,1-3H3,(H,14,16). The van der Waals surface area contributed by atoms with Crippen LogP contribution in [0.4, 0.5) is 0 Å². The SMILES string of the molecule is CC1CCC(CN2CCC(=O)NC(C)(C)C2=O)O1. The molecule has 5 nitrogen and oxygen atoms in total. The van der Waals surface area contributed by atoms with Crippen molar-refractivity contribution in [2.45, 2.75) is 57.8 Å². The monoisotopic (exact) mass is 254 g/mol. The van der Waals surface area contributed by atoms with Crippen molar-refractivity contribution < 1.29 is 14.3 Å². The molecule has 102 valence electrons. The van der Waals surface area contributed by atoms with Crippen LogP contribution in [0.3, 0.4) is 0 Å². The molecule has 0 spiro atoms. The lowest BCUT2D eigenvalue weighted by Gasteiger charge is -2.30. The minimum absolute atomic E-state index is 0.0171. The van der Waals surface area contributed by atoms with E-state index in [0.717, 1.165) is 12.8 Å². The number of carbonyl (C=O) groups excluding carboxylic acids is 2. The molecular formula is C13H22N2O3. The van der Waals surface area contributed by atoms with Crippen LogP contribution in [0.25, 0.3) is 0 Å². The van der Waals surface area contributed by atoms with Gasteiger partial charge in [-0.1, -0.05) is 0 Å². The highest BCUT2D eigenvalue weighted by molar-refractivity contribution is 5.92. The Morgan fingerprint density at radius 3 is 2.72 bits per heavy atom. The summed E-state index contributed by atoms with van der Waals surface area (Å²) in [5.74, 6) is -0.0759. The van der Waals surface area contributed by atoms with E-state index in [2.05, 4.69) is 12.2 Å². The summed E-state index contributed by atoms with van der Waals surface area (Å²) in [5.41, 5.74) is -0.808. The molecule has 2 saturated heterocycles. The van der Waals surface area contributed by atoms with Crippen LogP contribution in [-0.4, -0.2) is 47.6 Å². The predicted octanol–water partition coefficient (Wildman–Crippen LogP) is 0.681. The molecule has 0 aromatic heterocycles. The zero-order valence-electron chi connectivity index (χ0n) is 11.4. The first-order valence-corrected chi connectivity index (χ1v) is 6.64. The molecule has 0 saturated carbocycles. The summed E-state index contributed by atoms with van der Waals surface area (Å²) in [6.45, 7) is 6.65. The maximum Gasteiger partial charge on any atom is 0.247 e. The molecule has 2 heterocycles. The van der Waals surface area contributed by atoms with E-state index in [1.807, 2.05) is 0 Å². The largest absolute Gasteiger partial charge is 0.373 e. The van der Waals surface area contributed by atoms with Gasteiger partial charge in [0.1, 0.15) is 5.54 Å². The smallest absolute Gasteiger partial charge is 0.247 e. The van der Waals surface area contributed by atoms with Crippen molar-refractivity contribution in [3.05, 3.63) is 0 Å². The number of nitrogens with one attached hydrogen (secondary N) is 1. The van der Waals surface area contributed by atoms with Crippen molar-refractivity contribution in [2.75, 3.05) is 13.1 Å².